The van der Waals surface area contributed by atoms with Gasteiger partial charge in [0.15, 0.2) is 0 Å². The molecule has 2 N–H and O–H groups in total. The Morgan fingerprint density at radius 2 is 1.55 bits per heavy atom. The molecule has 7 nitrogen and oxygen atoms in total. The van der Waals surface area contributed by atoms with Crippen molar-refractivity contribution >= 4 is 20.0 Å². The van der Waals surface area contributed by atoms with Crippen molar-refractivity contribution < 1.29 is 16.8 Å². The third-order valence-corrected chi connectivity index (χ3v) is 6.04. The Morgan fingerprint density at radius 3 is 2.10 bits per heavy atom. The summed E-state index contributed by atoms with van der Waals surface area (Å²) in [6, 6.07) is 5.13. The molecule has 2 rings (SSSR count). The molecule has 0 aliphatic carbocycles. The zero-order valence-corrected chi connectivity index (χ0v) is 12.7. The molecule has 9 heteroatoms. The first-order chi connectivity index (χ1) is 9.21. The van der Waals surface area contributed by atoms with Gasteiger partial charge in [0.1, 0.15) is 0 Å². The molecule has 0 radical (unpaired) electrons. The number of primary sulfonamides is 1. The molecule has 1 aliphatic rings. The second-order valence-electron chi connectivity index (χ2n) is 4.73. The highest BCUT2D eigenvalue weighted by atomic mass is 32.2. The molecule has 1 heterocycles. The maximum absolute atomic E-state index is 12.4. The van der Waals surface area contributed by atoms with Crippen molar-refractivity contribution in [2.45, 2.75) is 9.79 Å². The number of nitrogens with two attached hydrogens (primary N) is 1. The minimum atomic E-state index is -3.92. The smallest absolute Gasteiger partial charge is 0.243 e. The van der Waals surface area contributed by atoms with Crippen LogP contribution in [0, 0.1) is 0 Å². The maximum Gasteiger partial charge on any atom is 0.243 e. The van der Waals surface area contributed by atoms with Crippen molar-refractivity contribution in [2.75, 3.05) is 33.2 Å². The van der Waals surface area contributed by atoms with E-state index in [1.165, 1.54) is 22.5 Å². The molecular weight excluding hydrogens is 302 g/mol. The summed E-state index contributed by atoms with van der Waals surface area (Å²) in [5.74, 6) is 0. The molecule has 0 atom stereocenters. The molecule has 0 amide bonds. The minimum Gasteiger partial charge on any atom is -0.304 e. The molecule has 1 aromatic carbocycles. The van der Waals surface area contributed by atoms with E-state index in [1.54, 1.807) is 0 Å². The number of piperazine rings is 1. The lowest BCUT2D eigenvalue weighted by Gasteiger charge is -2.31. The molecule has 0 unspecified atom stereocenters. The lowest BCUT2D eigenvalue weighted by atomic mass is 10.4. The Morgan fingerprint density at radius 1 is 1.00 bits per heavy atom. The zero-order valence-electron chi connectivity index (χ0n) is 11.1. The highest BCUT2D eigenvalue weighted by Gasteiger charge is 2.28. The zero-order chi connectivity index (χ0) is 15.0. The minimum absolute atomic E-state index is 0.0476. The van der Waals surface area contributed by atoms with Gasteiger partial charge in [-0.25, -0.2) is 22.0 Å². The van der Waals surface area contributed by atoms with Gasteiger partial charge in [-0.3, -0.25) is 0 Å². The standard InChI is InChI=1S/C11H17N3O4S2/c1-13-5-7-14(8-6-13)20(17,18)11-4-2-3-10(9-11)19(12,15)16/h2-4,9H,5-8H2,1H3,(H2,12,15,16). The molecule has 1 aliphatic heterocycles. The highest BCUT2D eigenvalue weighted by Crippen LogP contribution is 2.20. The number of likely N-dealkylation sites (N-methyl/N-ethyl adjacent to an activating group) is 1. The first-order valence-corrected chi connectivity index (χ1v) is 9.01. The average Bonchev–Trinajstić information content (AvgIpc) is 2.38. The van der Waals surface area contributed by atoms with Gasteiger partial charge in [0, 0.05) is 26.2 Å². The first kappa shape index (κ1) is 15.4. The van der Waals surface area contributed by atoms with E-state index in [4.69, 9.17) is 5.14 Å². The highest BCUT2D eigenvalue weighted by molar-refractivity contribution is 7.90. The molecule has 20 heavy (non-hydrogen) atoms. The molecule has 112 valence electrons. The SMILES string of the molecule is CN1CCN(S(=O)(=O)c2cccc(S(N)(=O)=O)c2)CC1. The van der Waals surface area contributed by atoms with Gasteiger partial charge in [0.05, 0.1) is 9.79 Å². The predicted octanol–water partition coefficient (Wildman–Crippen LogP) is -0.730. The van der Waals surface area contributed by atoms with E-state index in [1.807, 2.05) is 11.9 Å². The second-order valence-corrected chi connectivity index (χ2v) is 8.23. The monoisotopic (exact) mass is 319 g/mol. The van der Waals surface area contributed by atoms with Crippen LogP contribution in [0.3, 0.4) is 0 Å². The van der Waals surface area contributed by atoms with Crippen molar-refractivity contribution in [1.82, 2.24) is 9.21 Å². The average molecular weight is 319 g/mol. The van der Waals surface area contributed by atoms with Crippen LogP contribution < -0.4 is 5.14 Å². The van der Waals surface area contributed by atoms with Crippen LogP contribution in [0.4, 0.5) is 0 Å². The van der Waals surface area contributed by atoms with Crippen LogP contribution in [-0.4, -0.2) is 59.3 Å². The van der Waals surface area contributed by atoms with Crippen LogP contribution >= 0.6 is 0 Å². The van der Waals surface area contributed by atoms with Crippen molar-refractivity contribution in [1.29, 1.82) is 0 Å². The Bertz CT molecular complexity index is 692. The van der Waals surface area contributed by atoms with Gasteiger partial charge < -0.3 is 4.90 Å². The first-order valence-electron chi connectivity index (χ1n) is 6.03. The molecule has 0 aromatic heterocycles. The molecule has 0 spiro atoms. The van der Waals surface area contributed by atoms with Crippen molar-refractivity contribution in [3.8, 4) is 0 Å². The third kappa shape index (κ3) is 3.18. The van der Waals surface area contributed by atoms with Gasteiger partial charge in [-0.2, -0.15) is 4.31 Å². The third-order valence-electron chi connectivity index (χ3n) is 3.23. The topological polar surface area (TPSA) is 101 Å². The molecule has 1 fully saturated rings. The van der Waals surface area contributed by atoms with E-state index in [0.29, 0.717) is 26.2 Å². The molecular formula is C11H17N3O4S2. The number of hydrogen-bond acceptors (Lipinski definition) is 5. The Hall–Kier alpha value is -1.00. The maximum atomic E-state index is 12.4. The van der Waals surface area contributed by atoms with E-state index in [2.05, 4.69) is 0 Å². The van der Waals surface area contributed by atoms with Crippen LogP contribution in [0.2, 0.25) is 0 Å². The molecule has 1 aromatic rings. The Balaban J connectivity index is 2.35. The van der Waals surface area contributed by atoms with Gasteiger partial charge in [-0.15, -0.1) is 0 Å². The summed E-state index contributed by atoms with van der Waals surface area (Å²) < 4.78 is 48.8. The lowest BCUT2D eigenvalue weighted by Crippen LogP contribution is -2.47. The fraction of sp³-hybridized carbons (Fsp3) is 0.455. The van der Waals surface area contributed by atoms with E-state index >= 15 is 0 Å². The number of rotatable bonds is 3. The fourth-order valence-electron chi connectivity index (χ4n) is 1.99. The lowest BCUT2D eigenvalue weighted by molar-refractivity contribution is 0.222. The van der Waals surface area contributed by atoms with E-state index in [-0.39, 0.29) is 9.79 Å². The summed E-state index contributed by atoms with van der Waals surface area (Å²) in [5, 5.41) is 5.02. The number of hydrogen-bond donors (Lipinski definition) is 1. The van der Waals surface area contributed by atoms with Crippen molar-refractivity contribution in [3.63, 3.8) is 0 Å². The molecule has 0 bridgehead atoms. The van der Waals surface area contributed by atoms with Crippen LogP contribution in [0.25, 0.3) is 0 Å². The normalized spacial score (nSPS) is 19.1. The van der Waals surface area contributed by atoms with E-state index < -0.39 is 20.0 Å². The van der Waals surface area contributed by atoms with E-state index in [0.717, 1.165) is 6.07 Å². The summed E-state index contributed by atoms with van der Waals surface area (Å²) in [4.78, 5) is 1.79. The van der Waals surface area contributed by atoms with Gasteiger partial charge >= 0.3 is 0 Å². The summed E-state index contributed by atoms with van der Waals surface area (Å²) in [7, 11) is -5.68. The summed E-state index contributed by atoms with van der Waals surface area (Å²) in [6.07, 6.45) is 0. The summed E-state index contributed by atoms with van der Waals surface area (Å²) in [5.41, 5.74) is 0. The Labute approximate surface area is 119 Å². The Kier molecular flexibility index (Phi) is 4.17. The van der Waals surface area contributed by atoms with Gasteiger partial charge in [0.2, 0.25) is 20.0 Å². The number of nitrogens with zero attached hydrogens (tertiary/aromatic N) is 2. The van der Waals surface area contributed by atoms with Crippen molar-refractivity contribution in [3.05, 3.63) is 24.3 Å². The molecule has 1 saturated heterocycles. The largest absolute Gasteiger partial charge is 0.304 e. The van der Waals surface area contributed by atoms with Crippen LogP contribution in [0.15, 0.2) is 34.1 Å². The summed E-state index contributed by atoms with van der Waals surface area (Å²) in [6.45, 7) is 2.07. The van der Waals surface area contributed by atoms with E-state index in [9.17, 15) is 16.8 Å². The number of benzene rings is 1. The molecule has 0 saturated carbocycles. The number of sulfonamides is 2. The van der Waals surface area contributed by atoms with Gasteiger partial charge in [-0.05, 0) is 25.2 Å². The fourth-order valence-corrected chi connectivity index (χ4v) is 4.09. The van der Waals surface area contributed by atoms with Crippen LogP contribution in [-0.2, 0) is 20.0 Å². The van der Waals surface area contributed by atoms with Crippen molar-refractivity contribution in [2.24, 2.45) is 5.14 Å². The van der Waals surface area contributed by atoms with Crippen LogP contribution in [0.1, 0.15) is 0 Å². The quantitative estimate of drug-likeness (QED) is 0.791. The summed E-state index contributed by atoms with van der Waals surface area (Å²) >= 11 is 0. The second kappa shape index (κ2) is 5.41. The van der Waals surface area contributed by atoms with Crippen LogP contribution in [0.5, 0.6) is 0 Å². The van der Waals surface area contributed by atoms with Gasteiger partial charge in [-0.1, -0.05) is 6.07 Å². The predicted molar refractivity (Wildman–Crippen MR) is 74.1 cm³/mol. The van der Waals surface area contributed by atoms with Gasteiger partial charge in [0.25, 0.3) is 0 Å².